The highest BCUT2D eigenvalue weighted by Gasteiger charge is 2.23. The molecule has 0 aromatic heterocycles. The van der Waals surface area contributed by atoms with Crippen molar-refractivity contribution >= 4 is 16.0 Å². The van der Waals surface area contributed by atoms with Crippen LogP contribution in [0.15, 0.2) is 59.5 Å². The van der Waals surface area contributed by atoms with Crippen LogP contribution in [0.3, 0.4) is 0 Å². The Bertz CT molecular complexity index is 805. The van der Waals surface area contributed by atoms with Crippen LogP contribution in [0, 0.1) is 0 Å². The Morgan fingerprint density at radius 2 is 1.72 bits per heavy atom. The first-order chi connectivity index (χ1) is 11.9. The number of hydrogen-bond acceptors (Lipinski definition) is 5. The van der Waals surface area contributed by atoms with E-state index in [4.69, 9.17) is 9.47 Å². The van der Waals surface area contributed by atoms with E-state index in [0.717, 1.165) is 5.56 Å². The van der Waals surface area contributed by atoms with Gasteiger partial charge in [-0.15, -0.1) is 0 Å². The maximum atomic E-state index is 12.2. The van der Waals surface area contributed by atoms with Crippen LogP contribution in [0.25, 0.3) is 0 Å². The maximum absolute atomic E-state index is 12.2. The number of carbonyl (C=O) groups excluding carboxylic acids is 1. The fourth-order valence-corrected chi connectivity index (χ4v) is 3.35. The van der Waals surface area contributed by atoms with E-state index in [-0.39, 0.29) is 11.5 Å². The van der Waals surface area contributed by atoms with Gasteiger partial charge < -0.3 is 9.47 Å². The van der Waals surface area contributed by atoms with Crippen LogP contribution in [0.2, 0.25) is 0 Å². The lowest BCUT2D eigenvalue weighted by atomic mass is 10.2. The molecule has 0 radical (unpaired) electrons. The Balaban J connectivity index is 1.97. The van der Waals surface area contributed by atoms with E-state index in [2.05, 4.69) is 4.72 Å². The summed E-state index contributed by atoms with van der Waals surface area (Å²) in [5.74, 6) is -0.0267. The van der Waals surface area contributed by atoms with Gasteiger partial charge in [-0.1, -0.05) is 36.4 Å². The molecular weight excluding hydrogens is 342 g/mol. The number of nitrogens with one attached hydrogen (secondary N) is 1. The SMILES string of the molecule is CCOc1ccccc1COC(=O)[C@H](C)NS(=O)(=O)c1ccccc1. The lowest BCUT2D eigenvalue weighted by Crippen LogP contribution is -2.39. The number of rotatable bonds is 8. The van der Waals surface area contributed by atoms with Crippen molar-refractivity contribution in [1.29, 1.82) is 0 Å². The molecule has 0 aliphatic carbocycles. The molecule has 0 heterocycles. The molecule has 0 saturated heterocycles. The van der Waals surface area contributed by atoms with Crippen molar-refractivity contribution in [3.8, 4) is 5.75 Å². The van der Waals surface area contributed by atoms with Crippen molar-refractivity contribution in [2.75, 3.05) is 6.61 Å². The molecule has 0 aliphatic heterocycles. The molecule has 6 nitrogen and oxygen atoms in total. The molecule has 0 bridgehead atoms. The summed E-state index contributed by atoms with van der Waals surface area (Å²) >= 11 is 0. The molecule has 0 amide bonds. The monoisotopic (exact) mass is 363 g/mol. The first kappa shape index (κ1) is 19.0. The van der Waals surface area contributed by atoms with E-state index >= 15 is 0 Å². The molecule has 0 fully saturated rings. The fourth-order valence-electron chi connectivity index (χ4n) is 2.14. The minimum Gasteiger partial charge on any atom is -0.493 e. The van der Waals surface area contributed by atoms with E-state index in [9.17, 15) is 13.2 Å². The van der Waals surface area contributed by atoms with Crippen molar-refractivity contribution in [1.82, 2.24) is 4.72 Å². The maximum Gasteiger partial charge on any atom is 0.324 e. The molecule has 1 atom stereocenters. The minimum absolute atomic E-state index is 0.00636. The third-order valence-corrected chi connectivity index (χ3v) is 4.94. The molecule has 0 aliphatic rings. The van der Waals surface area contributed by atoms with Crippen LogP contribution in [0.1, 0.15) is 19.4 Å². The summed E-state index contributed by atoms with van der Waals surface area (Å²) in [5, 5.41) is 0. The van der Waals surface area contributed by atoms with Crippen molar-refractivity contribution in [2.45, 2.75) is 31.4 Å². The highest BCUT2D eigenvalue weighted by molar-refractivity contribution is 7.89. The lowest BCUT2D eigenvalue weighted by Gasteiger charge is -2.15. The molecule has 1 N–H and O–H groups in total. The molecule has 2 rings (SSSR count). The van der Waals surface area contributed by atoms with Crippen LogP contribution in [-0.2, 0) is 26.2 Å². The van der Waals surface area contributed by atoms with E-state index in [1.54, 1.807) is 30.3 Å². The molecule has 25 heavy (non-hydrogen) atoms. The third-order valence-electron chi connectivity index (χ3n) is 3.38. The Kier molecular flexibility index (Phi) is 6.55. The average molecular weight is 363 g/mol. The fraction of sp³-hybridized carbons (Fsp3) is 0.278. The number of hydrogen-bond donors (Lipinski definition) is 1. The van der Waals surface area contributed by atoms with Crippen molar-refractivity contribution in [2.24, 2.45) is 0 Å². The predicted molar refractivity (Wildman–Crippen MR) is 93.6 cm³/mol. The number of benzene rings is 2. The number of ether oxygens (including phenoxy) is 2. The van der Waals surface area contributed by atoms with Gasteiger partial charge in [-0.05, 0) is 32.0 Å². The first-order valence-corrected chi connectivity index (χ1v) is 9.37. The zero-order chi connectivity index (χ0) is 18.3. The van der Waals surface area contributed by atoms with E-state index in [1.165, 1.54) is 19.1 Å². The van der Waals surface area contributed by atoms with Gasteiger partial charge >= 0.3 is 5.97 Å². The molecule has 0 unspecified atom stereocenters. The second kappa shape index (κ2) is 8.64. The zero-order valence-corrected chi connectivity index (χ0v) is 15.0. The highest BCUT2D eigenvalue weighted by Crippen LogP contribution is 2.19. The number of carbonyl (C=O) groups is 1. The summed E-state index contributed by atoms with van der Waals surface area (Å²) in [7, 11) is -3.78. The molecular formula is C18H21NO5S. The van der Waals surface area contributed by atoms with Crippen LogP contribution in [0.5, 0.6) is 5.75 Å². The van der Waals surface area contributed by atoms with E-state index in [0.29, 0.717) is 12.4 Å². The van der Waals surface area contributed by atoms with E-state index < -0.39 is 22.0 Å². The summed E-state index contributed by atoms with van der Waals surface area (Å²) in [6, 6.07) is 14.1. The Labute approximate surface area is 147 Å². The van der Waals surface area contributed by atoms with Gasteiger partial charge in [0.15, 0.2) is 0 Å². The Morgan fingerprint density at radius 1 is 1.08 bits per heavy atom. The zero-order valence-electron chi connectivity index (χ0n) is 14.1. The standard InChI is InChI=1S/C18H21NO5S/c1-3-23-17-12-8-7-9-15(17)13-24-18(20)14(2)19-25(21,22)16-10-5-4-6-11-16/h4-12,14,19H,3,13H2,1-2H3/t14-/m0/s1. The molecule has 0 spiro atoms. The van der Waals surface area contributed by atoms with Gasteiger partial charge in [0, 0.05) is 5.56 Å². The van der Waals surface area contributed by atoms with Crippen LogP contribution < -0.4 is 9.46 Å². The number of sulfonamides is 1. The van der Waals surface area contributed by atoms with Gasteiger partial charge in [0.2, 0.25) is 10.0 Å². The summed E-state index contributed by atoms with van der Waals surface area (Å²) in [4.78, 5) is 12.2. The predicted octanol–water partition coefficient (Wildman–Crippen LogP) is 2.50. The van der Waals surface area contributed by atoms with Crippen molar-refractivity contribution < 1.29 is 22.7 Å². The van der Waals surface area contributed by atoms with Crippen LogP contribution >= 0.6 is 0 Å². The largest absolute Gasteiger partial charge is 0.493 e. The second-order valence-corrected chi connectivity index (χ2v) is 7.02. The first-order valence-electron chi connectivity index (χ1n) is 7.88. The second-order valence-electron chi connectivity index (χ2n) is 5.30. The molecule has 2 aromatic rings. The normalized spacial score (nSPS) is 12.4. The quantitative estimate of drug-likeness (QED) is 0.729. The van der Waals surface area contributed by atoms with Crippen molar-refractivity contribution in [3.05, 3.63) is 60.2 Å². The highest BCUT2D eigenvalue weighted by atomic mass is 32.2. The summed E-state index contributed by atoms with van der Waals surface area (Å²) in [6.45, 7) is 3.81. The van der Waals surface area contributed by atoms with Gasteiger partial charge in [0.25, 0.3) is 0 Å². The molecule has 0 saturated carbocycles. The summed E-state index contributed by atoms with van der Waals surface area (Å²) in [6.07, 6.45) is 0. The van der Waals surface area contributed by atoms with Gasteiger partial charge in [-0.25, -0.2) is 8.42 Å². The average Bonchev–Trinajstić information content (AvgIpc) is 2.61. The molecule has 2 aromatic carbocycles. The van der Waals surface area contributed by atoms with Crippen molar-refractivity contribution in [3.63, 3.8) is 0 Å². The number of esters is 1. The van der Waals surface area contributed by atoms with Gasteiger partial charge in [-0.3, -0.25) is 4.79 Å². The minimum atomic E-state index is -3.78. The van der Waals surface area contributed by atoms with Gasteiger partial charge in [0.05, 0.1) is 11.5 Å². The third kappa shape index (κ3) is 5.30. The summed E-state index contributed by atoms with van der Waals surface area (Å²) < 4.78 is 37.4. The Hall–Kier alpha value is -2.38. The smallest absolute Gasteiger partial charge is 0.324 e. The summed E-state index contributed by atoms with van der Waals surface area (Å²) in [5.41, 5.74) is 0.718. The van der Waals surface area contributed by atoms with Gasteiger partial charge in [-0.2, -0.15) is 4.72 Å². The molecule has 7 heteroatoms. The van der Waals surface area contributed by atoms with Crippen LogP contribution in [-0.4, -0.2) is 27.0 Å². The number of para-hydroxylation sites is 1. The lowest BCUT2D eigenvalue weighted by molar-refractivity contribution is -0.146. The Morgan fingerprint density at radius 3 is 2.40 bits per heavy atom. The van der Waals surface area contributed by atoms with E-state index in [1.807, 2.05) is 19.1 Å². The topological polar surface area (TPSA) is 81.7 Å². The van der Waals surface area contributed by atoms with Gasteiger partial charge in [0.1, 0.15) is 18.4 Å². The molecule has 134 valence electrons. The van der Waals surface area contributed by atoms with Crippen LogP contribution in [0.4, 0.5) is 0 Å².